The van der Waals surface area contributed by atoms with E-state index >= 15 is 0 Å². The first-order valence-electron chi connectivity index (χ1n) is 10.3. The minimum absolute atomic E-state index is 0.103. The minimum atomic E-state index is -0.103. The summed E-state index contributed by atoms with van der Waals surface area (Å²) in [7, 11) is 1.67. The monoisotopic (exact) mass is 433 g/mol. The molecule has 7 nitrogen and oxygen atoms in total. The maximum absolute atomic E-state index is 12.7. The van der Waals surface area contributed by atoms with E-state index in [-0.39, 0.29) is 11.9 Å². The number of anilines is 1. The summed E-state index contributed by atoms with van der Waals surface area (Å²) < 4.78 is 7.56. The Balaban J connectivity index is 1.46. The number of fused-ring (bicyclic) bond motifs is 1. The van der Waals surface area contributed by atoms with E-state index in [9.17, 15) is 4.79 Å². The highest BCUT2D eigenvalue weighted by atomic mass is 32.1. The number of pyridine rings is 1. The molecule has 0 aliphatic carbocycles. The molecule has 1 aromatic carbocycles. The number of hydrogen-bond donors (Lipinski definition) is 1. The van der Waals surface area contributed by atoms with Gasteiger partial charge in [-0.15, -0.1) is 11.3 Å². The quantitative estimate of drug-likeness (QED) is 0.498. The van der Waals surface area contributed by atoms with Crippen LogP contribution in [0.3, 0.4) is 0 Å². The van der Waals surface area contributed by atoms with Gasteiger partial charge in [0.25, 0.3) is 0 Å². The van der Waals surface area contributed by atoms with E-state index < -0.39 is 0 Å². The largest absolute Gasteiger partial charge is 0.497 e. The zero-order valence-corrected chi connectivity index (χ0v) is 18.0. The van der Waals surface area contributed by atoms with Crippen molar-refractivity contribution >= 4 is 28.0 Å². The van der Waals surface area contributed by atoms with E-state index in [4.69, 9.17) is 9.72 Å². The van der Waals surface area contributed by atoms with E-state index in [1.807, 2.05) is 40.6 Å². The molecule has 0 spiro atoms. The second-order valence-electron chi connectivity index (χ2n) is 7.56. The smallest absolute Gasteiger partial charge is 0.323 e. The minimum Gasteiger partial charge on any atom is -0.497 e. The number of urea groups is 1. The molecule has 0 saturated carbocycles. The van der Waals surface area contributed by atoms with Gasteiger partial charge >= 0.3 is 6.03 Å². The van der Waals surface area contributed by atoms with Crippen molar-refractivity contribution in [2.24, 2.45) is 0 Å². The summed E-state index contributed by atoms with van der Waals surface area (Å²) in [4.78, 5) is 23.8. The van der Waals surface area contributed by atoms with Crippen LogP contribution in [-0.2, 0) is 0 Å². The van der Waals surface area contributed by atoms with Crippen molar-refractivity contribution in [2.75, 3.05) is 25.5 Å². The number of carbonyl (C=O) groups is 1. The van der Waals surface area contributed by atoms with Crippen LogP contribution in [0.25, 0.3) is 16.8 Å². The van der Waals surface area contributed by atoms with Gasteiger partial charge in [0.15, 0.2) is 5.13 Å². The van der Waals surface area contributed by atoms with Crippen molar-refractivity contribution in [3.8, 4) is 17.0 Å². The second-order valence-corrected chi connectivity index (χ2v) is 8.45. The summed E-state index contributed by atoms with van der Waals surface area (Å²) in [6.45, 7) is 1.36. The molecule has 1 N–H and O–H groups in total. The summed E-state index contributed by atoms with van der Waals surface area (Å²) in [5.41, 5.74) is 3.00. The molecule has 1 unspecified atom stereocenters. The molecular weight excluding hydrogens is 410 g/mol. The molecule has 0 bridgehead atoms. The maximum Gasteiger partial charge on any atom is 0.323 e. The number of hydrogen-bond acceptors (Lipinski definition) is 5. The Morgan fingerprint density at radius 3 is 3.03 bits per heavy atom. The van der Waals surface area contributed by atoms with Crippen LogP contribution in [0.2, 0.25) is 0 Å². The third-order valence-corrected chi connectivity index (χ3v) is 6.33. The molecule has 1 aliphatic heterocycles. The molecule has 5 rings (SSSR count). The average molecular weight is 434 g/mol. The fraction of sp³-hybridized carbons (Fsp3) is 0.261. The van der Waals surface area contributed by atoms with E-state index in [2.05, 4.69) is 33.0 Å². The number of carbonyl (C=O) groups excluding carboxylic acids is 1. The molecule has 1 fully saturated rings. The van der Waals surface area contributed by atoms with Crippen LogP contribution in [-0.4, -0.2) is 45.5 Å². The van der Waals surface area contributed by atoms with Crippen LogP contribution in [0.5, 0.6) is 5.75 Å². The lowest BCUT2D eigenvalue weighted by molar-refractivity contribution is 0.191. The van der Waals surface area contributed by atoms with Crippen LogP contribution in [0.1, 0.15) is 24.6 Å². The molecule has 158 valence electrons. The standard InChI is InChI=1S/C23H23N5O2S/c1-30-18-8-4-6-16(14-18)20-19-9-2-3-12-28(19)21(25-20)17-7-5-11-27(15-17)23(29)26-22-24-10-13-31-22/h2-4,6,8-10,12-14,17H,5,7,11,15H2,1H3,(H,24,26,29). The number of ether oxygens (including phenoxy) is 1. The highest BCUT2D eigenvalue weighted by molar-refractivity contribution is 7.13. The number of aromatic nitrogens is 3. The van der Waals surface area contributed by atoms with Gasteiger partial charge < -0.3 is 14.0 Å². The summed E-state index contributed by atoms with van der Waals surface area (Å²) in [6, 6.07) is 14.0. The normalized spacial score (nSPS) is 16.4. The molecule has 2 amide bonds. The topological polar surface area (TPSA) is 71.8 Å². The third-order valence-electron chi connectivity index (χ3n) is 5.64. The van der Waals surface area contributed by atoms with Crippen molar-refractivity contribution in [1.82, 2.24) is 19.3 Å². The van der Waals surface area contributed by atoms with Gasteiger partial charge in [-0.3, -0.25) is 5.32 Å². The van der Waals surface area contributed by atoms with Gasteiger partial charge in [0.2, 0.25) is 0 Å². The summed E-state index contributed by atoms with van der Waals surface area (Å²) >= 11 is 1.42. The van der Waals surface area contributed by atoms with Crippen LogP contribution in [0.4, 0.5) is 9.93 Å². The first-order valence-corrected chi connectivity index (χ1v) is 11.2. The highest BCUT2D eigenvalue weighted by Crippen LogP contribution is 2.33. The van der Waals surface area contributed by atoms with Gasteiger partial charge in [0.1, 0.15) is 11.6 Å². The van der Waals surface area contributed by atoms with Gasteiger partial charge in [-0.05, 0) is 37.1 Å². The molecule has 3 aromatic heterocycles. The van der Waals surface area contributed by atoms with Crippen molar-refractivity contribution in [3.63, 3.8) is 0 Å². The Hall–Kier alpha value is -3.39. The van der Waals surface area contributed by atoms with Crippen molar-refractivity contribution in [3.05, 3.63) is 66.1 Å². The van der Waals surface area contributed by atoms with E-state index in [1.165, 1.54) is 11.3 Å². The molecule has 1 saturated heterocycles. The first-order chi connectivity index (χ1) is 15.2. The van der Waals surface area contributed by atoms with Crippen LogP contribution >= 0.6 is 11.3 Å². The molecule has 4 heterocycles. The SMILES string of the molecule is COc1cccc(-c2nc(C3CCCN(C(=O)Nc4nccs4)C3)n3ccccc23)c1. The predicted octanol–water partition coefficient (Wildman–Crippen LogP) is 4.88. The molecular formula is C23H23N5O2S. The number of imidazole rings is 1. The van der Waals surface area contributed by atoms with Gasteiger partial charge in [-0.2, -0.15) is 0 Å². The van der Waals surface area contributed by atoms with Crippen LogP contribution in [0, 0.1) is 0 Å². The Bertz CT molecular complexity index is 1200. The molecule has 1 atom stereocenters. The van der Waals surface area contributed by atoms with Crippen LogP contribution in [0.15, 0.2) is 60.2 Å². The molecule has 1 aliphatic rings. The van der Waals surface area contributed by atoms with Crippen molar-refractivity contribution < 1.29 is 9.53 Å². The Morgan fingerprint density at radius 2 is 2.19 bits per heavy atom. The lowest BCUT2D eigenvalue weighted by atomic mass is 9.97. The molecule has 0 radical (unpaired) electrons. The van der Waals surface area contributed by atoms with Gasteiger partial charge in [-0.25, -0.2) is 14.8 Å². The lowest BCUT2D eigenvalue weighted by Gasteiger charge is -2.32. The average Bonchev–Trinajstić information content (AvgIpc) is 3.47. The second kappa shape index (κ2) is 8.39. The number of rotatable bonds is 4. The number of piperidine rings is 1. The lowest BCUT2D eigenvalue weighted by Crippen LogP contribution is -2.42. The Morgan fingerprint density at radius 1 is 1.26 bits per heavy atom. The highest BCUT2D eigenvalue weighted by Gasteiger charge is 2.29. The predicted molar refractivity (Wildman–Crippen MR) is 122 cm³/mol. The van der Waals surface area contributed by atoms with Crippen molar-refractivity contribution in [1.29, 1.82) is 0 Å². The number of nitrogens with one attached hydrogen (secondary N) is 1. The maximum atomic E-state index is 12.7. The van der Waals surface area contributed by atoms with Crippen LogP contribution < -0.4 is 10.1 Å². The van der Waals surface area contributed by atoms with Gasteiger partial charge in [-0.1, -0.05) is 18.2 Å². The van der Waals surface area contributed by atoms with Gasteiger partial charge in [0, 0.05) is 42.3 Å². The van der Waals surface area contributed by atoms with Gasteiger partial charge in [0.05, 0.1) is 18.3 Å². The van der Waals surface area contributed by atoms with E-state index in [1.54, 1.807) is 13.3 Å². The Labute approximate surface area is 184 Å². The summed E-state index contributed by atoms with van der Waals surface area (Å²) in [5, 5.41) is 5.37. The molecule has 31 heavy (non-hydrogen) atoms. The number of methoxy groups -OCH3 is 1. The zero-order chi connectivity index (χ0) is 21.2. The molecule has 4 aromatic rings. The summed E-state index contributed by atoms with van der Waals surface area (Å²) in [5.74, 6) is 1.95. The number of amides is 2. The number of thiazole rings is 1. The van der Waals surface area contributed by atoms with E-state index in [0.29, 0.717) is 11.7 Å². The Kier molecular flexibility index (Phi) is 5.30. The summed E-state index contributed by atoms with van der Waals surface area (Å²) in [6.07, 6.45) is 5.67. The third kappa shape index (κ3) is 3.86. The van der Waals surface area contributed by atoms with E-state index in [0.717, 1.165) is 47.7 Å². The fourth-order valence-corrected chi connectivity index (χ4v) is 4.68. The first kappa shape index (κ1) is 19.6. The fourth-order valence-electron chi connectivity index (χ4n) is 4.16. The van der Waals surface area contributed by atoms with Crippen molar-refractivity contribution in [2.45, 2.75) is 18.8 Å². The number of nitrogens with zero attached hydrogens (tertiary/aromatic N) is 4. The number of benzene rings is 1. The molecule has 8 heteroatoms. The number of likely N-dealkylation sites (tertiary alicyclic amines) is 1. The zero-order valence-electron chi connectivity index (χ0n) is 17.2.